The monoisotopic (exact) mass is 324 g/mol. The number of hydrogen-bond acceptors (Lipinski definition) is 5. The fourth-order valence-electron chi connectivity index (χ4n) is 2.33. The summed E-state index contributed by atoms with van der Waals surface area (Å²) >= 11 is 0. The lowest BCUT2D eigenvalue weighted by molar-refractivity contribution is 0.0524. The van der Waals surface area contributed by atoms with Crippen LogP contribution in [0, 0.1) is 6.92 Å². The van der Waals surface area contributed by atoms with Gasteiger partial charge in [0.2, 0.25) is 0 Å². The van der Waals surface area contributed by atoms with E-state index in [4.69, 9.17) is 4.74 Å². The molecule has 1 amide bonds. The zero-order chi connectivity index (χ0) is 17.1. The minimum Gasteiger partial charge on any atom is -0.462 e. The highest BCUT2D eigenvalue weighted by Gasteiger charge is 2.19. The minimum absolute atomic E-state index is 0.278. The molecule has 0 radical (unpaired) electrons. The van der Waals surface area contributed by atoms with Gasteiger partial charge in [0, 0.05) is 11.9 Å². The van der Waals surface area contributed by atoms with E-state index in [1.165, 1.54) is 16.9 Å². The summed E-state index contributed by atoms with van der Waals surface area (Å²) in [5.74, 6) is -0.776. The van der Waals surface area contributed by atoms with Crippen LogP contribution in [-0.2, 0) is 4.74 Å². The number of benzene rings is 1. The van der Waals surface area contributed by atoms with Crippen LogP contribution < -0.4 is 5.32 Å². The molecule has 0 spiro atoms. The van der Waals surface area contributed by atoms with Crippen molar-refractivity contribution in [1.82, 2.24) is 14.6 Å². The first-order valence-corrected chi connectivity index (χ1v) is 7.48. The van der Waals surface area contributed by atoms with Crippen molar-refractivity contribution in [3.8, 4) is 0 Å². The zero-order valence-corrected chi connectivity index (χ0v) is 13.3. The lowest BCUT2D eigenvalue weighted by atomic mass is 10.2. The Morgan fingerprint density at radius 2 is 1.92 bits per heavy atom. The third kappa shape index (κ3) is 2.83. The van der Waals surface area contributed by atoms with E-state index in [-0.39, 0.29) is 12.5 Å². The van der Waals surface area contributed by atoms with Crippen molar-refractivity contribution in [2.75, 3.05) is 11.9 Å². The number of amides is 1. The quantitative estimate of drug-likeness (QED) is 0.745. The standard InChI is InChI=1S/C17H16N4O3/c1-3-24-17(23)13-9-18-15-14(10-19-21(15)11(13)2)16(22)20-12-7-5-4-6-8-12/h4-10H,3H2,1-2H3,(H,20,22). The van der Waals surface area contributed by atoms with Gasteiger partial charge in [-0.15, -0.1) is 0 Å². The Labute approximate surface area is 138 Å². The number of hydrogen-bond donors (Lipinski definition) is 1. The van der Waals surface area contributed by atoms with Crippen molar-refractivity contribution < 1.29 is 14.3 Å². The van der Waals surface area contributed by atoms with Gasteiger partial charge >= 0.3 is 5.97 Å². The fourth-order valence-corrected chi connectivity index (χ4v) is 2.33. The average molecular weight is 324 g/mol. The van der Waals surface area contributed by atoms with Crippen LogP contribution >= 0.6 is 0 Å². The fraction of sp³-hybridized carbons (Fsp3) is 0.176. The number of para-hydroxylation sites is 1. The van der Waals surface area contributed by atoms with E-state index in [9.17, 15) is 9.59 Å². The maximum atomic E-state index is 12.4. The molecule has 2 aromatic heterocycles. The van der Waals surface area contributed by atoms with Gasteiger partial charge in [0.25, 0.3) is 5.91 Å². The van der Waals surface area contributed by atoms with Crippen molar-refractivity contribution in [3.05, 3.63) is 59.5 Å². The predicted molar refractivity (Wildman–Crippen MR) is 88.1 cm³/mol. The third-order valence-corrected chi connectivity index (χ3v) is 3.54. The van der Waals surface area contributed by atoms with Crippen molar-refractivity contribution >= 4 is 23.2 Å². The molecule has 7 heteroatoms. The zero-order valence-electron chi connectivity index (χ0n) is 13.3. The minimum atomic E-state index is -0.463. The Balaban J connectivity index is 1.95. The number of aromatic nitrogens is 3. The molecule has 1 aromatic carbocycles. The van der Waals surface area contributed by atoms with Crippen LogP contribution in [0.15, 0.2) is 42.7 Å². The lowest BCUT2D eigenvalue weighted by Crippen LogP contribution is -2.14. The highest BCUT2D eigenvalue weighted by molar-refractivity contribution is 6.08. The number of anilines is 1. The molecule has 1 N–H and O–H groups in total. The van der Waals surface area contributed by atoms with Gasteiger partial charge < -0.3 is 10.1 Å². The van der Waals surface area contributed by atoms with Crippen LogP contribution in [-0.4, -0.2) is 33.1 Å². The summed E-state index contributed by atoms with van der Waals surface area (Å²) in [6.45, 7) is 3.74. The molecule has 0 atom stereocenters. The Bertz CT molecular complexity index is 903. The first-order chi connectivity index (χ1) is 11.6. The second-order valence-electron chi connectivity index (χ2n) is 5.09. The lowest BCUT2D eigenvalue weighted by Gasteiger charge is -2.07. The SMILES string of the molecule is CCOC(=O)c1cnc2c(C(=O)Nc3ccccc3)cnn2c1C. The van der Waals surface area contributed by atoms with E-state index >= 15 is 0 Å². The highest BCUT2D eigenvalue weighted by atomic mass is 16.5. The van der Waals surface area contributed by atoms with E-state index in [2.05, 4.69) is 15.4 Å². The van der Waals surface area contributed by atoms with E-state index < -0.39 is 5.97 Å². The summed E-state index contributed by atoms with van der Waals surface area (Å²) in [6.07, 6.45) is 2.84. The number of carbonyl (C=O) groups excluding carboxylic acids is 2. The van der Waals surface area contributed by atoms with Gasteiger partial charge in [-0.05, 0) is 26.0 Å². The summed E-state index contributed by atoms with van der Waals surface area (Å²) in [6, 6.07) is 9.12. The molecule has 24 heavy (non-hydrogen) atoms. The van der Waals surface area contributed by atoms with Crippen LogP contribution in [0.2, 0.25) is 0 Å². The van der Waals surface area contributed by atoms with Gasteiger partial charge in [-0.25, -0.2) is 14.3 Å². The molecule has 3 rings (SSSR count). The van der Waals surface area contributed by atoms with Crippen molar-refractivity contribution in [3.63, 3.8) is 0 Å². The Kier molecular flexibility index (Phi) is 4.24. The second kappa shape index (κ2) is 6.49. The normalized spacial score (nSPS) is 10.6. The molecule has 122 valence electrons. The molecule has 0 saturated carbocycles. The Hall–Kier alpha value is -3.22. The van der Waals surface area contributed by atoms with Crippen molar-refractivity contribution in [1.29, 1.82) is 0 Å². The molecule has 0 unspecified atom stereocenters. The number of rotatable bonds is 4. The van der Waals surface area contributed by atoms with Crippen LogP contribution in [0.3, 0.4) is 0 Å². The molecule has 0 aliphatic carbocycles. The second-order valence-corrected chi connectivity index (χ2v) is 5.09. The highest BCUT2D eigenvalue weighted by Crippen LogP contribution is 2.16. The first-order valence-electron chi connectivity index (χ1n) is 7.48. The maximum absolute atomic E-state index is 12.4. The third-order valence-electron chi connectivity index (χ3n) is 3.54. The maximum Gasteiger partial charge on any atom is 0.341 e. The van der Waals surface area contributed by atoms with E-state index in [1.807, 2.05) is 18.2 Å². The molecule has 0 bridgehead atoms. The van der Waals surface area contributed by atoms with Gasteiger partial charge in [-0.1, -0.05) is 18.2 Å². The molecular formula is C17H16N4O3. The van der Waals surface area contributed by atoms with Gasteiger partial charge in [0.1, 0.15) is 5.56 Å². The number of carbonyl (C=O) groups is 2. The Morgan fingerprint density at radius 3 is 2.62 bits per heavy atom. The van der Waals surface area contributed by atoms with Gasteiger partial charge in [0.05, 0.1) is 24.1 Å². The van der Waals surface area contributed by atoms with E-state index in [0.29, 0.717) is 28.2 Å². The van der Waals surface area contributed by atoms with Crippen molar-refractivity contribution in [2.45, 2.75) is 13.8 Å². The largest absolute Gasteiger partial charge is 0.462 e. The number of nitrogens with zero attached hydrogens (tertiary/aromatic N) is 3. The summed E-state index contributed by atoms with van der Waals surface area (Å²) in [5.41, 5.74) is 2.28. The number of ether oxygens (including phenoxy) is 1. The molecule has 3 aromatic rings. The first kappa shape index (κ1) is 15.7. The molecule has 0 aliphatic rings. The van der Waals surface area contributed by atoms with Crippen LogP contribution in [0.4, 0.5) is 5.69 Å². The average Bonchev–Trinajstić information content (AvgIpc) is 3.01. The molecule has 0 saturated heterocycles. The number of nitrogens with one attached hydrogen (secondary N) is 1. The van der Waals surface area contributed by atoms with Gasteiger partial charge in [-0.3, -0.25) is 4.79 Å². The summed E-state index contributed by atoms with van der Waals surface area (Å²) in [4.78, 5) is 28.5. The van der Waals surface area contributed by atoms with Gasteiger partial charge in [-0.2, -0.15) is 5.10 Å². The van der Waals surface area contributed by atoms with Gasteiger partial charge in [0.15, 0.2) is 5.65 Å². The molecular weight excluding hydrogens is 308 g/mol. The molecule has 7 nitrogen and oxygen atoms in total. The number of fused-ring (bicyclic) bond motifs is 1. The summed E-state index contributed by atoms with van der Waals surface area (Å²) in [7, 11) is 0. The molecule has 0 aliphatic heterocycles. The van der Waals surface area contributed by atoms with Crippen LogP contribution in [0.5, 0.6) is 0 Å². The smallest absolute Gasteiger partial charge is 0.341 e. The molecule has 0 fully saturated rings. The van der Waals surface area contributed by atoms with Crippen LogP contribution in [0.25, 0.3) is 5.65 Å². The summed E-state index contributed by atoms with van der Waals surface area (Å²) < 4.78 is 6.46. The predicted octanol–water partition coefficient (Wildman–Crippen LogP) is 2.47. The van der Waals surface area contributed by atoms with Crippen LogP contribution in [0.1, 0.15) is 33.3 Å². The van der Waals surface area contributed by atoms with E-state index in [1.54, 1.807) is 26.0 Å². The Morgan fingerprint density at radius 1 is 1.17 bits per heavy atom. The number of esters is 1. The summed E-state index contributed by atoms with van der Waals surface area (Å²) in [5, 5.41) is 6.96. The topological polar surface area (TPSA) is 85.6 Å². The van der Waals surface area contributed by atoms with Crippen molar-refractivity contribution in [2.24, 2.45) is 0 Å². The van der Waals surface area contributed by atoms with E-state index in [0.717, 1.165) is 0 Å². The number of aryl methyl sites for hydroxylation is 1. The molecule has 2 heterocycles.